The zero-order valence-corrected chi connectivity index (χ0v) is 28.7. The number of ether oxygens (including phenoxy) is 6. The zero-order chi connectivity index (χ0) is 39.1. The summed E-state index contributed by atoms with van der Waals surface area (Å²) in [4.78, 5) is 13.2. The van der Waals surface area contributed by atoms with Crippen molar-refractivity contribution in [3.05, 3.63) is 0 Å². The summed E-state index contributed by atoms with van der Waals surface area (Å²) in [5.74, 6) is -1.19. The van der Waals surface area contributed by atoms with Crippen LogP contribution in [0.25, 0.3) is 0 Å². The number of nitrogens with one attached hydrogen (secondary N) is 3. The van der Waals surface area contributed by atoms with Crippen molar-refractivity contribution in [1.82, 2.24) is 10.6 Å². The first-order chi connectivity index (χ1) is 24.9. The molecule has 1 amide bonds. The molecule has 0 spiro atoms. The standard InChI is InChI=1S/C29H55N9O15/c30-4-10-16(41)18(43)13(33)24(48-10)51-21-8(32)1-9(38-27(46)29(47)2-7(3-29)37-28(35)36)15(40)23(21)53-26-20(45)22(12(6-39)50-26)52-25-14(34)19(44)17(42)11(5-31)49-25/h7-26,39-45,47H,1-6,30-34H2,(H,38,46)(H4,35,36,37)/t7?,8-,9+,10+,11-,12+,13+,14+,15-,16+,17+,18+,19+,20+,21+,22+,23+,24+,25+,26-,29?/m0/s1. The molecule has 23 N–H and O–H groups in total. The summed E-state index contributed by atoms with van der Waals surface area (Å²) in [6, 6.07) is -5.38. The quantitative estimate of drug-likeness (QED) is 0.0647. The molecular formula is C29H55N9O15. The second-order valence-corrected chi connectivity index (χ2v) is 14.4. The molecular weight excluding hydrogens is 714 g/mol. The van der Waals surface area contributed by atoms with Crippen LogP contribution in [0.2, 0.25) is 0 Å². The van der Waals surface area contributed by atoms with Crippen LogP contribution in [0.1, 0.15) is 19.3 Å². The monoisotopic (exact) mass is 769 g/mol. The SMILES string of the molecule is N=C(N)NC1CC(O)(C(=O)N[C@@H]2C[C@H](N)[C@@H](O[C@H]3O[C@H](CN)[C@@H](O)[C@H](O)[C@H]3N)[C@H](O[C@@H]3O[C@H](CO)[C@@H](O[C@H]4O[C@@H](CN)[C@@H](O)[C@H](O)[C@H]4N)[C@H]3O)[C@H]2O)C1. The Morgan fingerprint density at radius 2 is 1.21 bits per heavy atom. The van der Waals surface area contributed by atoms with Crippen LogP contribution in [-0.4, -0.2) is 200 Å². The third-order valence-electron chi connectivity index (χ3n) is 10.6. The lowest BCUT2D eigenvalue weighted by molar-refractivity contribution is -0.307. The summed E-state index contributed by atoms with van der Waals surface area (Å²) in [7, 11) is 0. The van der Waals surface area contributed by atoms with Gasteiger partial charge in [0.2, 0.25) is 0 Å². The number of aliphatic hydroxyl groups excluding tert-OH is 7. The number of rotatable bonds is 12. The van der Waals surface area contributed by atoms with Gasteiger partial charge in [0.05, 0.1) is 24.7 Å². The molecule has 53 heavy (non-hydrogen) atoms. The Hall–Kier alpha value is -2.02. The first-order valence-corrected chi connectivity index (χ1v) is 17.4. The number of aliphatic hydroxyl groups is 8. The van der Waals surface area contributed by atoms with Gasteiger partial charge in [0, 0.05) is 38.0 Å². The van der Waals surface area contributed by atoms with E-state index in [1.165, 1.54) is 0 Å². The molecule has 0 aromatic rings. The van der Waals surface area contributed by atoms with Crippen molar-refractivity contribution in [2.75, 3.05) is 19.7 Å². The summed E-state index contributed by atoms with van der Waals surface area (Å²) in [5.41, 5.74) is 33.5. The number of carbonyl (C=O) groups is 1. The number of carbonyl (C=O) groups excluding carboxylic acids is 1. The number of amides is 1. The lowest BCUT2D eigenvalue weighted by Gasteiger charge is -2.49. The molecule has 5 rings (SSSR count). The molecule has 0 unspecified atom stereocenters. The van der Waals surface area contributed by atoms with Gasteiger partial charge in [-0.25, -0.2) is 0 Å². The fourth-order valence-electron chi connectivity index (χ4n) is 7.42. The lowest BCUT2D eigenvalue weighted by atomic mass is 9.74. The molecule has 2 aliphatic carbocycles. The van der Waals surface area contributed by atoms with Gasteiger partial charge in [0.15, 0.2) is 24.8 Å². The van der Waals surface area contributed by atoms with E-state index >= 15 is 0 Å². The van der Waals surface area contributed by atoms with Crippen LogP contribution in [0.5, 0.6) is 0 Å². The molecule has 3 saturated heterocycles. The highest BCUT2D eigenvalue weighted by molar-refractivity contribution is 5.87. The molecule has 5 aliphatic rings. The van der Waals surface area contributed by atoms with E-state index in [-0.39, 0.29) is 38.3 Å². The summed E-state index contributed by atoms with van der Waals surface area (Å²) >= 11 is 0. The molecule has 24 heteroatoms. The average molecular weight is 770 g/mol. The maximum Gasteiger partial charge on any atom is 0.252 e. The van der Waals surface area contributed by atoms with Gasteiger partial charge in [-0.2, -0.15) is 0 Å². The molecule has 0 radical (unpaired) electrons. The van der Waals surface area contributed by atoms with Crippen molar-refractivity contribution in [3.8, 4) is 0 Å². The van der Waals surface area contributed by atoms with Gasteiger partial charge in [-0.1, -0.05) is 0 Å². The van der Waals surface area contributed by atoms with E-state index in [2.05, 4.69) is 10.6 Å². The predicted molar refractivity (Wildman–Crippen MR) is 175 cm³/mol. The lowest BCUT2D eigenvalue weighted by Crippen LogP contribution is -2.70. The van der Waals surface area contributed by atoms with Gasteiger partial charge in [-0.3, -0.25) is 10.2 Å². The number of guanidine groups is 1. The molecule has 2 saturated carbocycles. The Balaban J connectivity index is 1.36. The second kappa shape index (κ2) is 17.0. The Labute approximate surface area is 303 Å². The van der Waals surface area contributed by atoms with Crippen LogP contribution in [0, 0.1) is 5.41 Å². The highest BCUT2D eigenvalue weighted by Crippen LogP contribution is 2.36. The maximum atomic E-state index is 13.2. The van der Waals surface area contributed by atoms with Gasteiger partial charge in [0.25, 0.3) is 5.91 Å². The van der Waals surface area contributed by atoms with E-state index in [1.54, 1.807) is 0 Å². The number of hydrogen-bond donors (Lipinski definition) is 17. The van der Waals surface area contributed by atoms with Gasteiger partial charge >= 0.3 is 0 Å². The predicted octanol–water partition coefficient (Wildman–Crippen LogP) is -10.4. The van der Waals surface area contributed by atoms with Gasteiger partial charge in [0.1, 0.15) is 78.8 Å². The third kappa shape index (κ3) is 8.55. The van der Waals surface area contributed by atoms with E-state index in [0.29, 0.717) is 0 Å². The summed E-state index contributed by atoms with van der Waals surface area (Å²) < 4.78 is 35.2. The number of hydrogen-bond acceptors (Lipinski definition) is 21. The molecule has 0 aromatic carbocycles. The molecule has 3 aliphatic heterocycles. The van der Waals surface area contributed by atoms with Gasteiger partial charge in [-0.05, 0) is 6.42 Å². The summed E-state index contributed by atoms with van der Waals surface area (Å²) in [5, 5.41) is 98.3. The van der Waals surface area contributed by atoms with E-state index in [1.807, 2.05) is 0 Å². The van der Waals surface area contributed by atoms with E-state index in [0.717, 1.165) is 0 Å². The molecule has 5 fully saturated rings. The second-order valence-electron chi connectivity index (χ2n) is 14.4. The van der Waals surface area contributed by atoms with Crippen LogP contribution < -0.4 is 45.0 Å². The largest absolute Gasteiger partial charge is 0.394 e. The third-order valence-corrected chi connectivity index (χ3v) is 10.6. The van der Waals surface area contributed by atoms with Crippen LogP contribution in [0.15, 0.2) is 0 Å². The summed E-state index contributed by atoms with van der Waals surface area (Å²) in [6.45, 7) is -1.18. The summed E-state index contributed by atoms with van der Waals surface area (Å²) in [6.07, 6.45) is -22.2. The van der Waals surface area contributed by atoms with E-state index in [9.17, 15) is 45.6 Å². The Morgan fingerprint density at radius 3 is 1.70 bits per heavy atom. The zero-order valence-electron chi connectivity index (χ0n) is 28.7. The van der Waals surface area contributed by atoms with Crippen molar-refractivity contribution in [3.63, 3.8) is 0 Å². The number of nitrogens with two attached hydrogens (primary N) is 6. The van der Waals surface area contributed by atoms with Crippen LogP contribution in [0.3, 0.4) is 0 Å². The first kappa shape index (κ1) is 42.1. The highest BCUT2D eigenvalue weighted by atomic mass is 16.8. The van der Waals surface area contributed by atoms with Crippen molar-refractivity contribution in [2.45, 2.75) is 147 Å². The average Bonchev–Trinajstić information content (AvgIpc) is 3.40. The maximum absolute atomic E-state index is 13.2. The van der Waals surface area contributed by atoms with Crippen LogP contribution in [0.4, 0.5) is 0 Å². The minimum atomic E-state index is -1.87. The van der Waals surface area contributed by atoms with Crippen LogP contribution >= 0.6 is 0 Å². The Bertz CT molecular complexity index is 1260. The molecule has 3 heterocycles. The minimum Gasteiger partial charge on any atom is -0.394 e. The first-order valence-electron chi connectivity index (χ1n) is 17.4. The van der Waals surface area contributed by atoms with Crippen molar-refractivity contribution in [2.24, 2.45) is 34.4 Å². The molecule has 0 bridgehead atoms. The van der Waals surface area contributed by atoms with Gasteiger partial charge < -0.3 is 114 Å². The fraction of sp³-hybridized carbons (Fsp3) is 0.931. The van der Waals surface area contributed by atoms with Crippen LogP contribution in [-0.2, 0) is 33.2 Å². The normalized spacial score (nSPS) is 50.3. The van der Waals surface area contributed by atoms with Gasteiger partial charge in [-0.15, -0.1) is 0 Å². The highest BCUT2D eigenvalue weighted by Gasteiger charge is 2.56. The topological polar surface area (TPSA) is 438 Å². The molecule has 306 valence electrons. The molecule has 24 nitrogen and oxygen atoms in total. The Morgan fingerprint density at radius 1 is 0.717 bits per heavy atom. The fourth-order valence-corrected chi connectivity index (χ4v) is 7.42. The van der Waals surface area contributed by atoms with Crippen molar-refractivity contribution >= 4 is 11.9 Å². The van der Waals surface area contributed by atoms with E-state index < -0.39 is 140 Å². The molecule has 0 aromatic heterocycles. The van der Waals surface area contributed by atoms with Crippen molar-refractivity contribution < 1.29 is 74.1 Å². The van der Waals surface area contributed by atoms with E-state index in [4.69, 9.17) is 68.2 Å². The smallest absolute Gasteiger partial charge is 0.252 e. The minimum absolute atomic E-state index is 0.0885. The molecule has 19 atom stereocenters. The van der Waals surface area contributed by atoms with Crippen molar-refractivity contribution in [1.29, 1.82) is 5.41 Å². The Kier molecular flexibility index (Phi) is 13.5.